The largest absolute Gasteiger partial charge is 0.475 e. The van der Waals surface area contributed by atoms with Crippen LogP contribution in [0.5, 0.6) is 0 Å². The fourth-order valence-electron chi connectivity index (χ4n) is 11.4. The van der Waals surface area contributed by atoms with Crippen LogP contribution in [0.25, 0.3) is 10.4 Å². The van der Waals surface area contributed by atoms with Gasteiger partial charge in [-0.05, 0) is 110 Å². The van der Waals surface area contributed by atoms with Crippen LogP contribution in [-0.4, -0.2) is 41.0 Å². The minimum absolute atomic E-state index is 0.00314. The van der Waals surface area contributed by atoms with E-state index >= 15 is 0 Å². The maximum absolute atomic E-state index is 14.2. The quantitative estimate of drug-likeness (QED) is 0.0457. The molecule has 54 heavy (non-hydrogen) atoms. The van der Waals surface area contributed by atoms with E-state index < -0.39 is 43.5 Å². The number of phosphoric ester groups is 1. The Hall–Kier alpha value is -2.71. The second-order valence-electron chi connectivity index (χ2n) is 17.9. The second-order valence-corrected chi connectivity index (χ2v) is 19.5. The summed E-state index contributed by atoms with van der Waals surface area (Å²) in [6.45, 7) is 13.4. The number of allylic oxidation sites excluding steroid dienone is 1. The Morgan fingerprint density at radius 3 is 2.69 bits per heavy atom. The van der Waals surface area contributed by atoms with Crippen molar-refractivity contribution in [2.45, 2.75) is 149 Å². The molecule has 3 saturated carbocycles. The van der Waals surface area contributed by atoms with Crippen molar-refractivity contribution in [3.63, 3.8) is 0 Å². The third-order valence-corrected chi connectivity index (χ3v) is 15.8. The van der Waals surface area contributed by atoms with Crippen LogP contribution in [0, 0.1) is 64.6 Å². The topological polar surface area (TPSA) is 181 Å². The van der Waals surface area contributed by atoms with Crippen LogP contribution < -0.4 is 11.2 Å². The summed E-state index contributed by atoms with van der Waals surface area (Å²) in [5.41, 5.74) is 10.3. The van der Waals surface area contributed by atoms with Gasteiger partial charge < -0.3 is 4.74 Å². The smallest absolute Gasteiger partial charge is 0.352 e. The summed E-state index contributed by atoms with van der Waals surface area (Å²) >= 11 is 0. The molecule has 1 aromatic heterocycles. The number of nitriles is 1. The Labute approximate surface area is 319 Å². The zero-order chi connectivity index (χ0) is 38.8. The fourth-order valence-corrected chi connectivity index (χ4v) is 12.8. The first-order valence-corrected chi connectivity index (χ1v) is 21.8. The molecule has 0 amide bonds. The molecule has 6 rings (SSSR count). The molecule has 1 saturated heterocycles. The number of ether oxygens (including phenoxy) is 1. The normalized spacial score (nSPS) is 36.2. The first-order chi connectivity index (χ1) is 25.7. The highest BCUT2D eigenvalue weighted by Gasteiger charge is 2.59. The van der Waals surface area contributed by atoms with E-state index in [0.717, 1.165) is 36.5 Å². The number of H-pyrrole nitrogens is 1. The summed E-state index contributed by atoms with van der Waals surface area (Å²) in [6, 6.07) is 1.26. The van der Waals surface area contributed by atoms with Crippen LogP contribution in [0.2, 0.25) is 0 Å². The molecule has 4 fully saturated rings. The third-order valence-electron chi connectivity index (χ3n) is 14.3. The highest BCUT2D eigenvalue weighted by molar-refractivity contribution is 7.48. The highest BCUT2D eigenvalue weighted by atomic mass is 31.2. The van der Waals surface area contributed by atoms with Crippen LogP contribution >= 0.6 is 7.82 Å². The van der Waals surface area contributed by atoms with Gasteiger partial charge in [0.1, 0.15) is 6.23 Å². The predicted molar refractivity (Wildman–Crippen MR) is 205 cm³/mol. The summed E-state index contributed by atoms with van der Waals surface area (Å²) in [5.74, 6) is 4.45. The van der Waals surface area contributed by atoms with Crippen molar-refractivity contribution in [1.29, 1.82) is 5.26 Å². The van der Waals surface area contributed by atoms with Gasteiger partial charge in [0.15, 0.2) is 0 Å². The molecule has 1 N–H and O–H groups in total. The molecule has 298 valence electrons. The van der Waals surface area contributed by atoms with Gasteiger partial charge in [0.2, 0.25) is 0 Å². The van der Waals surface area contributed by atoms with Crippen molar-refractivity contribution in [3.05, 3.63) is 54.7 Å². The van der Waals surface area contributed by atoms with Gasteiger partial charge in [0.25, 0.3) is 5.56 Å². The van der Waals surface area contributed by atoms with Crippen LogP contribution in [0.4, 0.5) is 0 Å². The number of rotatable bonds is 15. The van der Waals surface area contributed by atoms with Crippen molar-refractivity contribution in [1.82, 2.24) is 9.55 Å². The van der Waals surface area contributed by atoms with E-state index in [-0.39, 0.29) is 31.5 Å². The molecule has 14 heteroatoms. The van der Waals surface area contributed by atoms with Crippen molar-refractivity contribution in [2.75, 3.05) is 13.2 Å². The molecule has 1 aliphatic heterocycles. The van der Waals surface area contributed by atoms with Crippen molar-refractivity contribution in [2.24, 2.45) is 51.5 Å². The number of aromatic nitrogens is 2. The van der Waals surface area contributed by atoms with E-state index in [9.17, 15) is 24.9 Å². The maximum atomic E-state index is 14.2. The fraction of sp³-hybridized carbons (Fsp3) is 0.825. The molecule has 0 unspecified atom stereocenters. The average Bonchev–Trinajstić information content (AvgIpc) is 3.69. The molecule has 13 nitrogen and oxygen atoms in total. The van der Waals surface area contributed by atoms with Gasteiger partial charge in [-0.1, -0.05) is 70.6 Å². The van der Waals surface area contributed by atoms with Gasteiger partial charge in [-0.3, -0.25) is 27.9 Å². The SMILES string of the molecule is Cc1cn([C@H]2C[C@H](N=[N+]=[N-])[C@@H](CO[P@@](=O)(OCCC#N)O[C@H]3CC[C@@]4(C)C(=CC[C@H]5[C@@H]6CC[C@H]([C@H](C)CCCC(C)C)[C@@]6(C)CC[C@@H]54)C3)O2)c(=O)[nH]c1=O. The lowest BCUT2D eigenvalue weighted by Gasteiger charge is -2.58. The van der Waals surface area contributed by atoms with Gasteiger partial charge in [-0.25, -0.2) is 9.36 Å². The lowest BCUT2D eigenvalue weighted by molar-refractivity contribution is -0.0595. The van der Waals surface area contributed by atoms with E-state index in [1.807, 2.05) is 6.07 Å². The number of phosphoric acid groups is 1. The molecule has 1 aromatic rings. The van der Waals surface area contributed by atoms with Gasteiger partial charge in [-0.15, -0.1) is 0 Å². The number of aryl methyl sites for hydroxylation is 1. The number of hydrogen-bond donors (Lipinski definition) is 1. The lowest BCUT2D eigenvalue weighted by atomic mass is 9.47. The molecule has 12 atom stereocenters. The van der Waals surface area contributed by atoms with Crippen molar-refractivity contribution >= 4 is 7.82 Å². The zero-order valence-electron chi connectivity index (χ0n) is 33.1. The number of fused-ring (bicyclic) bond motifs is 5. The molecule has 5 aliphatic rings. The Kier molecular flexibility index (Phi) is 12.7. The molecule has 0 spiro atoms. The van der Waals surface area contributed by atoms with E-state index in [4.69, 9.17) is 18.3 Å². The molecule has 4 aliphatic carbocycles. The summed E-state index contributed by atoms with van der Waals surface area (Å²) in [5, 5.41) is 13.0. The Balaban J connectivity index is 1.12. The summed E-state index contributed by atoms with van der Waals surface area (Å²) in [7, 11) is -4.19. The maximum Gasteiger partial charge on any atom is 0.475 e. The molecular weight excluding hydrogens is 707 g/mol. The Bertz CT molecular complexity index is 1800. The summed E-state index contributed by atoms with van der Waals surface area (Å²) < 4.78 is 39.4. The van der Waals surface area contributed by atoms with Gasteiger partial charge >= 0.3 is 13.5 Å². The van der Waals surface area contributed by atoms with Gasteiger partial charge in [0, 0.05) is 23.1 Å². The minimum atomic E-state index is -4.19. The molecule has 0 aromatic carbocycles. The molecular formula is C40H61N6O7P. The van der Waals surface area contributed by atoms with Crippen LogP contribution in [0.15, 0.2) is 32.5 Å². The van der Waals surface area contributed by atoms with Gasteiger partial charge in [-0.2, -0.15) is 5.26 Å². The predicted octanol–water partition coefficient (Wildman–Crippen LogP) is 9.29. The van der Waals surface area contributed by atoms with E-state index in [1.54, 1.807) is 6.92 Å². The Morgan fingerprint density at radius 1 is 1.15 bits per heavy atom. The lowest BCUT2D eigenvalue weighted by Crippen LogP contribution is -2.51. The molecule has 0 bridgehead atoms. The average molecular weight is 769 g/mol. The van der Waals surface area contributed by atoms with Crippen LogP contribution in [0.3, 0.4) is 0 Å². The van der Waals surface area contributed by atoms with Crippen molar-refractivity contribution in [3.8, 4) is 6.07 Å². The number of nitrogens with one attached hydrogen (secondary N) is 1. The number of nitrogens with zero attached hydrogens (tertiary/aromatic N) is 5. The second kappa shape index (κ2) is 16.8. The van der Waals surface area contributed by atoms with E-state index in [0.29, 0.717) is 35.7 Å². The number of aromatic amines is 1. The van der Waals surface area contributed by atoms with Crippen molar-refractivity contribution < 1.29 is 22.9 Å². The van der Waals surface area contributed by atoms with Crippen LogP contribution in [0.1, 0.15) is 130 Å². The first kappa shape index (κ1) is 40.9. The monoisotopic (exact) mass is 768 g/mol. The molecule has 0 radical (unpaired) electrons. The number of hydrogen-bond acceptors (Lipinski definition) is 9. The minimum Gasteiger partial charge on any atom is -0.352 e. The first-order valence-electron chi connectivity index (χ1n) is 20.4. The highest BCUT2D eigenvalue weighted by Crippen LogP contribution is 2.68. The zero-order valence-corrected chi connectivity index (χ0v) is 34.0. The van der Waals surface area contributed by atoms with E-state index in [1.165, 1.54) is 61.3 Å². The summed E-state index contributed by atoms with van der Waals surface area (Å²) in [6.07, 6.45) is 14.5. The standard InChI is InChI=1S/C40H61N6O7P/c1-25(2)9-7-10-26(3)31-13-14-32-30-12-11-28-21-29(15-17-39(28,5)33(30)16-18-40(31,32)6)53-54(49,50-20-8-19-41)51-24-35-34(44-45-42)22-36(52-35)46-23-27(4)37(47)43-38(46)48/h11,23,25-26,29-36H,7-10,12-18,20-22,24H2,1-6H3,(H,43,47,48)/t26-,29+,30+,31-,32+,33+,34+,35-,36-,39+,40-,54-/m1/s1. The summed E-state index contributed by atoms with van der Waals surface area (Å²) in [4.78, 5) is 29.7. The van der Waals surface area contributed by atoms with E-state index in [2.05, 4.69) is 55.7 Å². The van der Waals surface area contributed by atoms with Crippen LogP contribution in [-0.2, 0) is 22.9 Å². The number of azide groups is 1. The third kappa shape index (κ3) is 8.36. The van der Waals surface area contributed by atoms with Gasteiger partial charge in [0.05, 0.1) is 44.0 Å². The molecule has 2 heterocycles. The Morgan fingerprint density at radius 2 is 1.94 bits per heavy atom.